The average Bonchev–Trinajstić information content (AvgIpc) is 2.86. The number of piperidine rings is 1. The van der Waals surface area contributed by atoms with Crippen molar-refractivity contribution < 1.29 is 4.79 Å². The summed E-state index contributed by atoms with van der Waals surface area (Å²) in [6, 6.07) is 21.6. The van der Waals surface area contributed by atoms with E-state index in [-0.39, 0.29) is 11.9 Å². The van der Waals surface area contributed by atoms with Crippen LogP contribution in [0.15, 0.2) is 85.3 Å². The molecule has 4 aromatic rings. The minimum absolute atomic E-state index is 0.0330. The van der Waals surface area contributed by atoms with Crippen LogP contribution in [-0.4, -0.2) is 35.0 Å². The van der Waals surface area contributed by atoms with Crippen LogP contribution in [0.1, 0.15) is 23.2 Å². The number of pyridine rings is 2. The Morgan fingerprint density at radius 2 is 1.81 bits per heavy atom. The molecule has 0 spiro atoms. The average molecular weight is 424 g/mol. The number of anilines is 3. The van der Waals surface area contributed by atoms with Crippen LogP contribution in [0.3, 0.4) is 0 Å². The first-order valence-electron chi connectivity index (χ1n) is 10.9. The van der Waals surface area contributed by atoms with Gasteiger partial charge in [0.1, 0.15) is 5.82 Å². The molecule has 1 fully saturated rings. The van der Waals surface area contributed by atoms with Crippen LogP contribution in [-0.2, 0) is 0 Å². The minimum atomic E-state index is -0.0330. The van der Waals surface area contributed by atoms with Gasteiger partial charge in [0.25, 0.3) is 5.91 Å². The van der Waals surface area contributed by atoms with Crippen LogP contribution in [0, 0.1) is 0 Å². The Labute approximate surface area is 187 Å². The van der Waals surface area contributed by atoms with Gasteiger partial charge in [0, 0.05) is 35.6 Å². The highest BCUT2D eigenvalue weighted by Gasteiger charge is 2.28. The third-order valence-electron chi connectivity index (χ3n) is 5.80. The molecule has 32 heavy (non-hydrogen) atoms. The van der Waals surface area contributed by atoms with Crippen molar-refractivity contribution in [1.82, 2.24) is 15.3 Å². The van der Waals surface area contributed by atoms with E-state index >= 15 is 0 Å². The molecule has 1 aliphatic heterocycles. The number of hydrogen-bond acceptors (Lipinski definition) is 5. The van der Waals surface area contributed by atoms with Crippen molar-refractivity contribution in [3.63, 3.8) is 0 Å². The molecule has 0 bridgehead atoms. The zero-order valence-electron chi connectivity index (χ0n) is 17.7. The summed E-state index contributed by atoms with van der Waals surface area (Å²) in [4.78, 5) is 24.3. The molecule has 0 saturated carbocycles. The number of benzene rings is 2. The van der Waals surface area contributed by atoms with Crippen molar-refractivity contribution in [2.24, 2.45) is 0 Å². The summed E-state index contributed by atoms with van der Waals surface area (Å²) in [5.41, 5.74) is 2.45. The molecule has 6 heteroatoms. The molecule has 2 aromatic heterocycles. The lowest BCUT2D eigenvalue weighted by molar-refractivity contribution is 0.0971. The number of rotatable bonds is 5. The van der Waals surface area contributed by atoms with E-state index in [0.29, 0.717) is 11.4 Å². The first-order valence-corrected chi connectivity index (χ1v) is 10.9. The minimum Gasteiger partial charge on any atom is -0.354 e. The standard InChI is InChI=1S/C26H25N5O/c32-26(19-9-11-22(12-10-19)30-23-7-3-13-27-17-23)31(24-8-4-14-28-18-24)25-15-20-5-1-2-6-21(20)16-29-25/h1-3,5-7,9-13,15-17,24,28,30H,4,8,14,18H2/t24-/m1/s1. The molecule has 160 valence electrons. The smallest absolute Gasteiger partial charge is 0.259 e. The predicted molar refractivity (Wildman–Crippen MR) is 128 cm³/mol. The van der Waals surface area contributed by atoms with Crippen molar-refractivity contribution in [2.45, 2.75) is 18.9 Å². The monoisotopic (exact) mass is 423 g/mol. The third-order valence-corrected chi connectivity index (χ3v) is 5.80. The molecular formula is C26H25N5O. The van der Waals surface area contributed by atoms with Gasteiger partial charge in [-0.2, -0.15) is 0 Å². The first-order chi connectivity index (χ1) is 15.8. The Morgan fingerprint density at radius 3 is 2.56 bits per heavy atom. The number of amides is 1. The van der Waals surface area contributed by atoms with Gasteiger partial charge >= 0.3 is 0 Å². The summed E-state index contributed by atoms with van der Waals surface area (Å²) in [7, 11) is 0. The van der Waals surface area contributed by atoms with Gasteiger partial charge in [0.2, 0.25) is 0 Å². The molecule has 6 nitrogen and oxygen atoms in total. The number of fused-ring (bicyclic) bond motifs is 1. The molecular weight excluding hydrogens is 398 g/mol. The third kappa shape index (κ3) is 4.31. The molecule has 0 unspecified atom stereocenters. The summed E-state index contributed by atoms with van der Waals surface area (Å²) in [5.74, 6) is 0.661. The van der Waals surface area contributed by atoms with Crippen LogP contribution < -0.4 is 15.5 Å². The summed E-state index contributed by atoms with van der Waals surface area (Å²) in [5, 5.41) is 8.88. The molecule has 0 aliphatic carbocycles. The van der Waals surface area contributed by atoms with Crippen LogP contribution in [0.2, 0.25) is 0 Å². The lowest BCUT2D eigenvalue weighted by atomic mass is 10.0. The van der Waals surface area contributed by atoms with Crippen molar-refractivity contribution in [3.05, 3.63) is 90.9 Å². The van der Waals surface area contributed by atoms with Gasteiger partial charge in [-0.3, -0.25) is 14.7 Å². The maximum atomic E-state index is 13.7. The zero-order valence-corrected chi connectivity index (χ0v) is 17.7. The second-order valence-corrected chi connectivity index (χ2v) is 8.01. The largest absolute Gasteiger partial charge is 0.354 e. The van der Waals surface area contributed by atoms with Gasteiger partial charge in [-0.25, -0.2) is 4.98 Å². The molecule has 1 amide bonds. The second-order valence-electron chi connectivity index (χ2n) is 8.01. The van der Waals surface area contributed by atoms with E-state index in [2.05, 4.69) is 26.7 Å². The predicted octanol–water partition coefficient (Wildman–Crippen LogP) is 4.77. The van der Waals surface area contributed by atoms with Crippen molar-refractivity contribution in [1.29, 1.82) is 0 Å². The Balaban J connectivity index is 1.44. The van der Waals surface area contributed by atoms with E-state index in [1.807, 2.05) is 71.8 Å². The van der Waals surface area contributed by atoms with Crippen molar-refractivity contribution >= 4 is 33.9 Å². The fraction of sp³-hybridized carbons (Fsp3) is 0.192. The Morgan fingerprint density at radius 1 is 0.969 bits per heavy atom. The van der Waals surface area contributed by atoms with Crippen LogP contribution in [0.25, 0.3) is 10.8 Å². The van der Waals surface area contributed by atoms with Crippen LogP contribution in [0.5, 0.6) is 0 Å². The van der Waals surface area contributed by atoms with E-state index in [4.69, 9.17) is 0 Å². The summed E-state index contributed by atoms with van der Waals surface area (Å²) in [6.45, 7) is 1.75. The number of nitrogens with one attached hydrogen (secondary N) is 2. The number of nitrogens with zero attached hydrogens (tertiary/aromatic N) is 3. The Hall–Kier alpha value is -3.77. The van der Waals surface area contributed by atoms with Gasteiger partial charge in [-0.15, -0.1) is 0 Å². The number of carbonyl (C=O) groups is 1. The van der Waals surface area contributed by atoms with Crippen molar-refractivity contribution in [3.8, 4) is 0 Å². The molecule has 1 saturated heterocycles. The molecule has 2 N–H and O–H groups in total. The quantitative estimate of drug-likeness (QED) is 0.484. The summed E-state index contributed by atoms with van der Waals surface area (Å²) < 4.78 is 0. The van der Waals surface area contributed by atoms with Crippen LogP contribution >= 0.6 is 0 Å². The van der Waals surface area contributed by atoms with Gasteiger partial charge in [0.15, 0.2) is 0 Å². The molecule has 2 aromatic carbocycles. The van der Waals surface area contributed by atoms with Gasteiger partial charge in [-0.1, -0.05) is 24.3 Å². The topological polar surface area (TPSA) is 70.2 Å². The van der Waals surface area contributed by atoms with Gasteiger partial charge in [-0.05, 0) is 67.2 Å². The normalized spacial score (nSPS) is 15.9. The van der Waals surface area contributed by atoms with E-state index in [1.54, 1.807) is 12.4 Å². The fourth-order valence-corrected chi connectivity index (χ4v) is 4.15. The molecule has 1 aliphatic rings. The summed E-state index contributed by atoms with van der Waals surface area (Å²) >= 11 is 0. The highest BCUT2D eigenvalue weighted by molar-refractivity contribution is 6.07. The van der Waals surface area contributed by atoms with E-state index in [0.717, 1.165) is 48.1 Å². The molecule has 0 radical (unpaired) electrons. The lowest BCUT2D eigenvalue weighted by Crippen LogP contribution is -2.49. The van der Waals surface area contributed by atoms with Crippen LogP contribution in [0.4, 0.5) is 17.2 Å². The SMILES string of the molecule is O=C(c1ccc(Nc2cccnc2)cc1)N(c1cc2ccccc2cn1)[C@@H]1CCCNC1. The maximum absolute atomic E-state index is 13.7. The van der Waals surface area contributed by atoms with E-state index in [1.165, 1.54) is 0 Å². The molecule has 3 heterocycles. The van der Waals surface area contributed by atoms with E-state index in [9.17, 15) is 4.79 Å². The lowest BCUT2D eigenvalue weighted by Gasteiger charge is -2.34. The Bertz CT molecular complexity index is 1200. The van der Waals surface area contributed by atoms with Gasteiger partial charge < -0.3 is 10.6 Å². The van der Waals surface area contributed by atoms with Gasteiger partial charge in [0.05, 0.1) is 17.9 Å². The summed E-state index contributed by atoms with van der Waals surface area (Å²) in [6.07, 6.45) is 7.34. The molecule has 5 rings (SSSR count). The fourth-order valence-electron chi connectivity index (χ4n) is 4.15. The Kier molecular flexibility index (Phi) is 5.77. The van der Waals surface area contributed by atoms with Crippen molar-refractivity contribution in [2.75, 3.05) is 23.3 Å². The highest BCUT2D eigenvalue weighted by Crippen LogP contribution is 2.26. The number of hydrogen-bond donors (Lipinski definition) is 2. The molecule has 1 atom stereocenters. The first kappa shape index (κ1) is 20.2. The maximum Gasteiger partial charge on any atom is 0.259 e. The zero-order chi connectivity index (χ0) is 21.8. The number of carbonyl (C=O) groups excluding carboxylic acids is 1. The second kappa shape index (κ2) is 9.16. The van der Waals surface area contributed by atoms with E-state index < -0.39 is 0 Å². The number of aromatic nitrogens is 2. The highest BCUT2D eigenvalue weighted by atomic mass is 16.2.